The summed E-state index contributed by atoms with van der Waals surface area (Å²) >= 11 is 1.86. The number of hydrogen-bond donors (Lipinski definition) is 1. The van der Waals surface area contributed by atoms with Crippen molar-refractivity contribution in [1.82, 2.24) is 10.2 Å². The highest BCUT2D eigenvalue weighted by Crippen LogP contribution is 2.25. The molecular weight excluding hydrogens is 256 g/mol. The number of nitrogens with one attached hydrogen (secondary N) is 1. The van der Waals surface area contributed by atoms with Crippen molar-refractivity contribution >= 4 is 11.3 Å². The van der Waals surface area contributed by atoms with Crippen LogP contribution in [0, 0.1) is 5.92 Å². The lowest BCUT2D eigenvalue weighted by molar-refractivity contribution is 0.0373. The third-order valence-corrected chi connectivity index (χ3v) is 4.59. The zero-order chi connectivity index (χ0) is 13.5. The van der Waals surface area contributed by atoms with Crippen molar-refractivity contribution in [2.75, 3.05) is 39.4 Å². The zero-order valence-corrected chi connectivity index (χ0v) is 12.9. The van der Waals surface area contributed by atoms with Crippen LogP contribution in [-0.2, 0) is 4.74 Å². The number of hydrogen-bond acceptors (Lipinski definition) is 4. The fraction of sp³-hybridized carbons (Fsp3) is 0.733. The molecule has 0 saturated carbocycles. The topological polar surface area (TPSA) is 24.5 Å². The number of thiophene rings is 1. The Kier molecular flexibility index (Phi) is 6.31. The van der Waals surface area contributed by atoms with Gasteiger partial charge in [-0.3, -0.25) is 4.90 Å². The van der Waals surface area contributed by atoms with E-state index in [0.717, 1.165) is 32.8 Å². The first-order valence-corrected chi connectivity index (χ1v) is 8.22. The van der Waals surface area contributed by atoms with Gasteiger partial charge in [0.1, 0.15) is 0 Å². The van der Waals surface area contributed by atoms with E-state index in [1.165, 1.54) is 17.8 Å². The Hall–Kier alpha value is -0.420. The summed E-state index contributed by atoms with van der Waals surface area (Å²) in [6, 6.07) is 4.89. The van der Waals surface area contributed by atoms with E-state index >= 15 is 0 Å². The molecule has 1 saturated heterocycles. The van der Waals surface area contributed by atoms with Gasteiger partial charge in [0, 0.05) is 24.0 Å². The summed E-state index contributed by atoms with van der Waals surface area (Å²) in [5.41, 5.74) is 0. The highest BCUT2D eigenvalue weighted by molar-refractivity contribution is 7.10. The minimum Gasteiger partial charge on any atom is -0.379 e. The second kappa shape index (κ2) is 8.00. The van der Waals surface area contributed by atoms with Crippen LogP contribution < -0.4 is 5.32 Å². The van der Waals surface area contributed by atoms with Crippen LogP contribution in [0.1, 0.15) is 31.2 Å². The fourth-order valence-corrected chi connectivity index (χ4v) is 3.49. The molecule has 1 N–H and O–H groups in total. The Morgan fingerprint density at radius 2 is 2.16 bits per heavy atom. The van der Waals surface area contributed by atoms with E-state index in [9.17, 15) is 0 Å². The largest absolute Gasteiger partial charge is 0.379 e. The molecule has 19 heavy (non-hydrogen) atoms. The standard InChI is InChI=1S/C15H26N2OS/c1-13(2)15(14-5-3-12-19-14)16-6-4-7-17-8-10-18-11-9-17/h3,5,12-13,15-16H,4,6-11H2,1-2H3. The molecule has 1 aliphatic heterocycles. The van der Waals surface area contributed by atoms with Crippen LogP contribution in [0.5, 0.6) is 0 Å². The van der Waals surface area contributed by atoms with Crippen molar-refractivity contribution in [1.29, 1.82) is 0 Å². The molecule has 2 heterocycles. The van der Waals surface area contributed by atoms with E-state index in [4.69, 9.17) is 4.74 Å². The fourth-order valence-electron chi connectivity index (χ4n) is 2.52. The van der Waals surface area contributed by atoms with Gasteiger partial charge >= 0.3 is 0 Å². The van der Waals surface area contributed by atoms with Crippen LogP contribution in [0.25, 0.3) is 0 Å². The van der Waals surface area contributed by atoms with Crippen molar-refractivity contribution in [3.05, 3.63) is 22.4 Å². The molecular formula is C15H26N2OS. The van der Waals surface area contributed by atoms with Crippen molar-refractivity contribution in [2.24, 2.45) is 5.92 Å². The average Bonchev–Trinajstić information content (AvgIpc) is 2.93. The molecule has 0 aromatic carbocycles. The Bertz CT molecular complexity index is 334. The van der Waals surface area contributed by atoms with E-state index in [2.05, 4.69) is 41.6 Å². The highest BCUT2D eigenvalue weighted by Gasteiger charge is 2.16. The number of morpholine rings is 1. The maximum atomic E-state index is 5.37. The van der Waals surface area contributed by atoms with E-state index in [-0.39, 0.29) is 0 Å². The van der Waals surface area contributed by atoms with Crippen molar-refractivity contribution < 1.29 is 4.74 Å². The third-order valence-electron chi connectivity index (χ3n) is 3.64. The molecule has 0 aliphatic carbocycles. The number of nitrogens with zero attached hydrogens (tertiary/aromatic N) is 1. The summed E-state index contributed by atoms with van der Waals surface area (Å²) in [5.74, 6) is 0.641. The average molecular weight is 282 g/mol. The van der Waals surface area contributed by atoms with Gasteiger partial charge in [-0.25, -0.2) is 0 Å². The van der Waals surface area contributed by atoms with Gasteiger partial charge in [-0.1, -0.05) is 19.9 Å². The second-order valence-electron chi connectivity index (χ2n) is 5.50. The molecule has 108 valence electrons. The van der Waals surface area contributed by atoms with Gasteiger partial charge in [-0.15, -0.1) is 11.3 Å². The first-order chi connectivity index (χ1) is 9.27. The maximum absolute atomic E-state index is 5.37. The molecule has 0 radical (unpaired) electrons. The Balaban J connectivity index is 1.68. The molecule has 0 amide bonds. The molecule has 1 unspecified atom stereocenters. The molecule has 1 fully saturated rings. The lowest BCUT2D eigenvalue weighted by atomic mass is 10.0. The maximum Gasteiger partial charge on any atom is 0.0594 e. The first kappa shape index (κ1) is 15.0. The summed E-state index contributed by atoms with van der Waals surface area (Å²) < 4.78 is 5.37. The molecule has 1 atom stereocenters. The van der Waals surface area contributed by atoms with Gasteiger partial charge in [-0.2, -0.15) is 0 Å². The first-order valence-electron chi connectivity index (χ1n) is 7.34. The van der Waals surface area contributed by atoms with E-state index in [1.54, 1.807) is 0 Å². The van der Waals surface area contributed by atoms with Crippen LogP contribution in [0.4, 0.5) is 0 Å². The second-order valence-corrected chi connectivity index (χ2v) is 6.48. The number of ether oxygens (including phenoxy) is 1. The lowest BCUT2D eigenvalue weighted by Crippen LogP contribution is -2.38. The molecule has 1 aromatic heterocycles. The van der Waals surface area contributed by atoms with Crippen LogP contribution in [0.15, 0.2) is 17.5 Å². The smallest absolute Gasteiger partial charge is 0.0594 e. The highest BCUT2D eigenvalue weighted by atomic mass is 32.1. The molecule has 1 aromatic rings. The Morgan fingerprint density at radius 1 is 1.37 bits per heavy atom. The molecule has 4 heteroatoms. The van der Waals surface area contributed by atoms with Crippen LogP contribution in [0.2, 0.25) is 0 Å². The van der Waals surface area contributed by atoms with Gasteiger partial charge in [0.05, 0.1) is 13.2 Å². The molecule has 0 bridgehead atoms. The van der Waals surface area contributed by atoms with Gasteiger partial charge < -0.3 is 10.1 Å². The molecule has 1 aliphatic rings. The van der Waals surface area contributed by atoms with E-state index in [0.29, 0.717) is 12.0 Å². The predicted molar refractivity (Wildman–Crippen MR) is 81.8 cm³/mol. The van der Waals surface area contributed by atoms with Gasteiger partial charge in [0.25, 0.3) is 0 Å². The van der Waals surface area contributed by atoms with Crippen LogP contribution in [-0.4, -0.2) is 44.3 Å². The summed E-state index contributed by atoms with van der Waals surface area (Å²) in [5, 5.41) is 5.88. The quantitative estimate of drug-likeness (QED) is 0.778. The summed E-state index contributed by atoms with van der Waals surface area (Å²) in [6.45, 7) is 10.9. The Morgan fingerprint density at radius 3 is 2.79 bits per heavy atom. The van der Waals surface area contributed by atoms with Crippen molar-refractivity contribution in [3.8, 4) is 0 Å². The lowest BCUT2D eigenvalue weighted by Gasteiger charge is -2.27. The normalized spacial score (nSPS) is 18.9. The zero-order valence-electron chi connectivity index (χ0n) is 12.1. The SMILES string of the molecule is CC(C)C(NCCCN1CCOCC1)c1cccs1. The third kappa shape index (κ3) is 4.88. The summed E-state index contributed by atoms with van der Waals surface area (Å²) in [7, 11) is 0. The molecule has 2 rings (SSSR count). The van der Waals surface area contributed by atoms with Gasteiger partial charge in [0.2, 0.25) is 0 Å². The summed E-state index contributed by atoms with van der Waals surface area (Å²) in [6.07, 6.45) is 1.22. The molecule has 3 nitrogen and oxygen atoms in total. The van der Waals surface area contributed by atoms with E-state index in [1.807, 2.05) is 11.3 Å². The van der Waals surface area contributed by atoms with Gasteiger partial charge in [0.15, 0.2) is 0 Å². The van der Waals surface area contributed by atoms with Crippen LogP contribution in [0.3, 0.4) is 0 Å². The van der Waals surface area contributed by atoms with Crippen molar-refractivity contribution in [3.63, 3.8) is 0 Å². The van der Waals surface area contributed by atoms with Crippen molar-refractivity contribution in [2.45, 2.75) is 26.3 Å². The van der Waals surface area contributed by atoms with Crippen LogP contribution >= 0.6 is 11.3 Å². The van der Waals surface area contributed by atoms with E-state index < -0.39 is 0 Å². The number of rotatable bonds is 7. The Labute approximate surface area is 121 Å². The minimum absolute atomic E-state index is 0.504. The minimum atomic E-state index is 0.504. The monoisotopic (exact) mass is 282 g/mol. The van der Waals surface area contributed by atoms with Gasteiger partial charge in [-0.05, 0) is 36.9 Å². The molecule has 0 spiro atoms. The summed E-state index contributed by atoms with van der Waals surface area (Å²) in [4.78, 5) is 3.96. The predicted octanol–water partition coefficient (Wildman–Crippen LogP) is 2.76.